The first kappa shape index (κ1) is 21.1. The molecule has 0 bridgehead atoms. The molecule has 2 N–H and O–H groups in total. The summed E-state index contributed by atoms with van der Waals surface area (Å²) in [6.07, 6.45) is 2.35. The van der Waals surface area contributed by atoms with Gasteiger partial charge in [0.1, 0.15) is 0 Å². The number of carbonyl (C=O) groups is 1. The Labute approximate surface area is 180 Å². The number of amides is 1. The van der Waals surface area contributed by atoms with E-state index in [0.717, 1.165) is 13.1 Å². The van der Waals surface area contributed by atoms with Crippen LogP contribution in [0.3, 0.4) is 0 Å². The van der Waals surface area contributed by atoms with Crippen LogP contribution < -0.4 is 16.4 Å². The summed E-state index contributed by atoms with van der Waals surface area (Å²) in [5, 5.41) is 3.07. The van der Waals surface area contributed by atoms with E-state index in [9.17, 15) is 14.4 Å². The lowest BCUT2D eigenvalue weighted by molar-refractivity contribution is 0.0938. The minimum Gasteiger partial charge on any atom is -0.350 e. The number of fused-ring (bicyclic) bond motifs is 1. The standard InChI is InChI=1S/C24H28N4O3/c1-3-28-20-11-10-18(14-19(20)26-23(30)24(28)31)22(29)25-15-21(27-12-4-5-13-27)17-8-6-16(2)7-9-17/h6-11,14,21H,3-5,12-13,15H2,1-2H3,(H,25,29)(H,26,30). The first-order chi connectivity index (χ1) is 15.0. The zero-order valence-corrected chi connectivity index (χ0v) is 18.0. The summed E-state index contributed by atoms with van der Waals surface area (Å²) in [5.41, 5.74) is 2.69. The summed E-state index contributed by atoms with van der Waals surface area (Å²) in [5.74, 6) is -0.201. The van der Waals surface area contributed by atoms with Gasteiger partial charge in [-0.25, -0.2) is 0 Å². The lowest BCUT2D eigenvalue weighted by Gasteiger charge is -2.28. The third-order valence-electron chi connectivity index (χ3n) is 6.05. The average Bonchev–Trinajstić information content (AvgIpc) is 3.30. The lowest BCUT2D eigenvalue weighted by atomic mass is 10.0. The van der Waals surface area contributed by atoms with Crippen molar-refractivity contribution in [2.24, 2.45) is 0 Å². The molecular formula is C24H28N4O3. The molecule has 1 aromatic heterocycles. The highest BCUT2D eigenvalue weighted by atomic mass is 16.2. The highest BCUT2D eigenvalue weighted by Gasteiger charge is 2.24. The maximum atomic E-state index is 12.9. The van der Waals surface area contributed by atoms with Crippen molar-refractivity contribution in [2.45, 2.75) is 39.3 Å². The van der Waals surface area contributed by atoms with Crippen LogP contribution in [0.4, 0.5) is 0 Å². The van der Waals surface area contributed by atoms with E-state index in [-0.39, 0.29) is 11.9 Å². The maximum absolute atomic E-state index is 12.9. The number of benzene rings is 2. The van der Waals surface area contributed by atoms with Gasteiger partial charge < -0.3 is 14.9 Å². The van der Waals surface area contributed by atoms with Gasteiger partial charge in [0.25, 0.3) is 5.91 Å². The number of carbonyl (C=O) groups excluding carboxylic acids is 1. The molecule has 7 heteroatoms. The second-order valence-electron chi connectivity index (χ2n) is 8.12. The van der Waals surface area contributed by atoms with Crippen molar-refractivity contribution in [2.75, 3.05) is 19.6 Å². The van der Waals surface area contributed by atoms with E-state index in [1.165, 1.54) is 28.5 Å². The third kappa shape index (κ3) is 4.32. The van der Waals surface area contributed by atoms with Crippen LogP contribution in [0.15, 0.2) is 52.1 Å². The summed E-state index contributed by atoms with van der Waals surface area (Å²) in [6.45, 7) is 6.83. The second-order valence-corrected chi connectivity index (χ2v) is 8.12. The van der Waals surface area contributed by atoms with Crippen LogP contribution in [0.5, 0.6) is 0 Å². The second kappa shape index (κ2) is 8.89. The first-order valence-electron chi connectivity index (χ1n) is 10.8. The van der Waals surface area contributed by atoms with E-state index in [2.05, 4.69) is 46.4 Å². The molecule has 7 nitrogen and oxygen atoms in total. The van der Waals surface area contributed by atoms with Gasteiger partial charge in [0.2, 0.25) is 0 Å². The Morgan fingerprint density at radius 1 is 1.10 bits per heavy atom. The summed E-state index contributed by atoms with van der Waals surface area (Å²) < 4.78 is 1.41. The highest BCUT2D eigenvalue weighted by Crippen LogP contribution is 2.25. The van der Waals surface area contributed by atoms with Crippen molar-refractivity contribution in [1.29, 1.82) is 0 Å². The van der Waals surface area contributed by atoms with E-state index < -0.39 is 11.1 Å². The van der Waals surface area contributed by atoms with Crippen molar-refractivity contribution >= 4 is 16.9 Å². The van der Waals surface area contributed by atoms with Crippen molar-refractivity contribution < 1.29 is 4.79 Å². The molecule has 1 saturated heterocycles. The Morgan fingerprint density at radius 2 is 1.81 bits per heavy atom. The minimum absolute atomic E-state index is 0.123. The van der Waals surface area contributed by atoms with E-state index in [4.69, 9.17) is 0 Å². The molecule has 1 amide bonds. The monoisotopic (exact) mass is 420 g/mol. The van der Waals surface area contributed by atoms with Crippen LogP contribution in [0.1, 0.15) is 47.3 Å². The highest BCUT2D eigenvalue weighted by molar-refractivity contribution is 5.97. The lowest BCUT2D eigenvalue weighted by Crippen LogP contribution is -2.37. The molecule has 3 aromatic rings. The van der Waals surface area contributed by atoms with Crippen LogP contribution >= 0.6 is 0 Å². The van der Waals surface area contributed by atoms with Crippen LogP contribution in [0.25, 0.3) is 11.0 Å². The molecule has 4 rings (SSSR count). The smallest absolute Gasteiger partial charge is 0.316 e. The number of hydrogen-bond acceptors (Lipinski definition) is 4. The van der Waals surface area contributed by atoms with E-state index >= 15 is 0 Å². The fourth-order valence-electron chi connectivity index (χ4n) is 4.33. The number of H-pyrrole nitrogens is 1. The summed E-state index contributed by atoms with van der Waals surface area (Å²) >= 11 is 0. The quantitative estimate of drug-likeness (QED) is 0.600. The topological polar surface area (TPSA) is 87.2 Å². The van der Waals surface area contributed by atoms with E-state index in [0.29, 0.717) is 29.7 Å². The predicted octanol–water partition coefficient (Wildman–Crippen LogP) is 2.59. The molecule has 0 aliphatic carbocycles. The molecule has 0 radical (unpaired) electrons. The average molecular weight is 421 g/mol. The SMILES string of the molecule is CCn1c(=O)c(=O)[nH]c2cc(C(=O)NCC(c3ccc(C)cc3)N3CCCC3)ccc21. The van der Waals surface area contributed by atoms with Gasteiger partial charge in [-0.15, -0.1) is 0 Å². The van der Waals surface area contributed by atoms with Crippen LogP contribution in [-0.4, -0.2) is 40.0 Å². The van der Waals surface area contributed by atoms with Crippen LogP contribution in [0, 0.1) is 6.92 Å². The number of aromatic nitrogens is 2. The molecular weight excluding hydrogens is 392 g/mol. The summed E-state index contributed by atoms with van der Waals surface area (Å²) in [4.78, 5) is 41.9. The first-order valence-corrected chi connectivity index (χ1v) is 10.8. The fraction of sp³-hybridized carbons (Fsp3) is 0.375. The van der Waals surface area contributed by atoms with E-state index in [1.807, 2.05) is 6.92 Å². The van der Waals surface area contributed by atoms with E-state index in [1.54, 1.807) is 18.2 Å². The maximum Gasteiger partial charge on any atom is 0.316 e. The van der Waals surface area contributed by atoms with Crippen molar-refractivity contribution in [3.63, 3.8) is 0 Å². The number of hydrogen-bond donors (Lipinski definition) is 2. The largest absolute Gasteiger partial charge is 0.350 e. The number of nitrogens with zero attached hydrogens (tertiary/aromatic N) is 2. The molecule has 2 heterocycles. The van der Waals surface area contributed by atoms with Gasteiger partial charge in [-0.05, 0) is 63.5 Å². The Morgan fingerprint density at radius 3 is 2.48 bits per heavy atom. The third-order valence-corrected chi connectivity index (χ3v) is 6.05. The summed E-state index contributed by atoms with van der Waals surface area (Å²) in [7, 11) is 0. The van der Waals surface area contributed by atoms with Gasteiger partial charge in [0.05, 0.1) is 17.1 Å². The molecule has 1 unspecified atom stereocenters. The number of nitrogens with one attached hydrogen (secondary N) is 2. The molecule has 162 valence electrons. The van der Waals surface area contributed by atoms with Crippen molar-refractivity contribution in [1.82, 2.24) is 19.8 Å². The van der Waals surface area contributed by atoms with Crippen LogP contribution in [0.2, 0.25) is 0 Å². The normalized spacial score (nSPS) is 15.3. The molecule has 1 aliphatic heterocycles. The summed E-state index contributed by atoms with van der Waals surface area (Å²) in [6, 6.07) is 13.6. The minimum atomic E-state index is -0.680. The Hall–Kier alpha value is -3.19. The Balaban J connectivity index is 1.57. The fourth-order valence-corrected chi connectivity index (χ4v) is 4.33. The molecule has 2 aromatic carbocycles. The molecule has 1 fully saturated rings. The molecule has 31 heavy (non-hydrogen) atoms. The molecule has 1 aliphatic rings. The molecule has 1 atom stereocenters. The predicted molar refractivity (Wildman–Crippen MR) is 122 cm³/mol. The van der Waals surface area contributed by atoms with Gasteiger partial charge in [-0.3, -0.25) is 19.3 Å². The zero-order valence-electron chi connectivity index (χ0n) is 18.0. The number of likely N-dealkylation sites (tertiary alicyclic amines) is 1. The van der Waals surface area contributed by atoms with Gasteiger partial charge >= 0.3 is 11.1 Å². The van der Waals surface area contributed by atoms with Crippen molar-refractivity contribution in [3.8, 4) is 0 Å². The number of aromatic amines is 1. The number of rotatable bonds is 6. The zero-order chi connectivity index (χ0) is 22.0. The Kier molecular flexibility index (Phi) is 6.04. The Bertz CT molecular complexity index is 1200. The molecule has 0 spiro atoms. The van der Waals surface area contributed by atoms with Gasteiger partial charge in [0.15, 0.2) is 0 Å². The molecule has 0 saturated carbocycles. The van der Waals surface area contributed by atoms with Gasteiger partial charge in [0, 0.05) is 18.7 Å². The van der Waals surface area contributed by atoms with Crippen molar-refractivity contribution in [3.05, 3.63) is 79.9 Å². The van der Waals surface area contributed by atoms with Gasteiger partial charge in [-0.1, -0.05) is 29.8 Å². The van der Waals surface area contributed by atoms with Crippen LogP contribution in [-0.2, 0) is 6.54 Å². The van der Waals surface area contributed by atoms with Gasteiger partial charge in [-0.2, -0.15) is 0 Å². The number of aryl methyl sites for hydroxylation is 2.